The first kappa shape index (κ1) is 28.9. The van der Waals surface area contributed by atoms with E-state index in [9.17, 15) is 13.2 Å². The molecule has 4 rings (SSSR count). The summed E-state index contributed by atoms with van der Waals surface area (Å²) in [6.07, 6.45) is 1.55. The molecule has 1 aromatic heterocycles. The maximum absolute atomic E-state index is 13.6. The number of aromatic nitrogens is 1. The van der Waals surface area contributed by atoms with Gasteiger partial charge in [0, 0.05) is 27.7 Å². The van der Waals surface area contributed by atoms with Crippen molar-refractivity contribution in [2.24, 2.45) is 5.10 Å². The number of sulfonamides is 1. The summed E-state index contributed by atoms with van der Waals surface area (Å²) in [4.78, 5) is 13.0. The fraction of sp³-hybridized carbons (Fsp3) is 0.200. The molecule has 0 aliphatic rings. The van der Waals surface area contributed by atoms with Crippen molar-refractivity contribution in [3.05, 3.63) is 106 Å². The van der Waals surface area contributed by atoms with Crippen molar-refractivity contribution in [3.63, 3.8) is 0 Å². The van der Waals surface area contributed by atoms with Gasteiger partial charge in [-0.25, -0.2) is 13.8 Å². The molecule has 3 aromatic carbocycles. The van der Waals surface area contributed by atoms with Gasteiger partial charge in [0.1, 0.15) is 12.3 Å². The number of hydrogen-bond donors (Lipinski definition) is 1. The highest BCUT2D eigenvalue weighted by Gasteiger charge is 2.29. The van der Waals surface area contributed by atoms with Crippen LogP contribution >= 0.6 is 11.6 Å². The SMILES string of the molecule is COc1ccc(Cl)cc1N(CC(=O)N/N=C/c1cc(C)n(-c2ccc(C)c(C)c2)c1C)S(=O)(=O)c1ccccc1. The summed E-state index contributed by atoms with van der Waals surface area (Å²) in [5, 5.41) is 4.42. The Morgan fingerprint density at radius 3 is 2.40 bits per heavy atom. The van der Waals surface area contributed by atoms with E-state index in [1.54, 1.807) is 36.5 Å². The summed E-state index contributed by atoms with van der Waals surface area (Å²) in [5.41, 5.74) is 8.84. The number of carbonyl (C=O) groups is 1. The van der Waals surface area contributed by atoms with Crippen molar-refractivity contribution >= 4 is 39.4 Å². The molecular weight excluding hydrogens is 548 g/mol. The van der Waals surface area contributed by atoms with E-state index in [0.717, 1.165) is 26.9 Å². The lowest BCUT2D eigenvalue weighted by molar-refractivity contribution is -0.119. The minimum Gasteiger partial charge on any atom is -0.495 e. The van der Waals surface area contributed by atoms with Crippen molar-refractivity contribution in [3.8, 4) is 11.4 Å². The van der Waals surface area contributed by atoms with Gasteiger partial charge in [-0.15, -0.1) is 0 Å². The van der Waals surface area contributed by atoms with E-state index in [2.05, 4.69) is 47.1 Å². The van der Waals surface area contributed by atoms with Gasteiger partial charge in [0.2, 0.25) is 0 Å². The van der Waals surface area contributed by atoms with Crippen LogP contribution in [0.5, 0.6) is 5.75 Å². The van der Waals surface area contributed by atoms with Gasteiger partial charge in [-0.2, -0.15) is 5.10 Å². The molecule has 1 heterocycles. The Balaban J connectivity index is 1.59. The summed E-state index contributed by atoms with van der Waals surface area (Å²) in [5.74, 6) is -0.389. The fourth-order valence-corrected chi connectivity index (χ4v) is 6.01. The molecular formula is C30H31ClN4O4S. The number of nitrogens with one attached hydrogen (secondary N) is 1. The molecule has 0 saturated heterocycles. The minimum absolute atomic E-state index is 0.0205. The number of halogens is 1. The molecule has 0 spiro atoms. The van der Waals surface area contributed by atoms with E-state index < -0.39 is 22.5 Å². The second-order valence-corrected chi connectivity index (χ2v) is 11.7. The largest absolute Gasteiger partial charge is 0.495 e. The second-order valence-electron chi connectivity index (χ2n) is 9.36. The zero-order valence-electron chi connectivity index (χ0n) is 23.0. The van der Waals surface area contributed by atoms with Crippen molar-refractivity contribution in [2.45, 2.75) is 32.6 Å². The highest BCUT2D eigenvalue weighted by Crippen LogP contribution is 2.34. The molecule has 0 aliphatic heterocycles. The number of methoxy groups -OCH3 is 1. The van der Waals surface area contributed by atoms with Crippen LogP contribution < -0.4 is 14.5 Å². The standard InChI is InChI=1S/C30H31ClN4O4S/c1-20-11-13-26(15-21(20)2)35-22(3)16-24(23(35)4)18-32-33-30(36)19-34(28-17-25(31)12-14-29(28)39-5)40(37,38)27-9-7-6-8-10-27/h6-18H,19H2,1-5H3,(H,33,36)/b32-18+. The van der Waals surface area contributed by atoms with E-state index in [0.29, 0.717) is 5.02 Å². The molecule has 0 saturated carbocycles. The third-order valence-corrected chi connectivity index (χ3v) is 8.65. The Bertz CT molecular complexity index is 1680. The van der Waals surface area contributed by atoms with Crippen LogP contribution in [0.25, 0.3) is 5.69 Å². The van der Waals surface area contributed by atoms with Gasteiger partial charge >= 0.3 is 0 Å². The molecule has 0 aliphatic carbocycles. The molecule has 8 nitrogen and oxygen atoms in total. The number of ether oxygens (including phenoxy) is 1. The number of amides is 1. The smallest absolute Gasteiger partial charge is 0.264 e. The molecule has 0 unspecified atom stereocenters. The van der Waals surface area contributed by atoms with Gasteiger partial charge in [0.25, 0.3) is 15.9 Å². The van der Waals surface area contributed by atoms with E-state index in [-0.39, 0.29) is 16.3 Å². The second kappa shape index (κ2) is 12.0. The number of carbonyl (C=O) groups excluding carboxylic acids is 1. The van der Waals surface area contributed by atoms with E-state index in [4.69, 9.17) is 16.3 Å². The van der Waals surface area contributed by atoms with Gasteiger partial charge in [-0.05, 0) is 87.4 Å². The van der Waals surface area contributed by atoms with E-state index in [1.165, 1.54) is 36.4 Å². The Kier molecular flexibility index (Phi) is 8.66. The lowest BCUT2D eigenvalue weighted by atomic mass is 10.1. The Hall–Kier alpha value is -4.08. The van der Waals surface area contributed by atoms with E-state index in [1.807, 2.05) is 19.9 Å². The molecule has 1 N–H and O–H groups in total. The summed E-state index contributed by atoms with van der Waals surface area (Å²) >= 11 is 6.19. The van der Waals surface area contributed by atoms with Gasteiger partial charge in [-0.3, -0.25) is 9.10 Å². The highest BCUT2D eigenvalue weighted by molar-refractivity contribution is 7.92. The predicted molar refractivity (Wildman–Crippen MR) is 159 cm³/mol. The Morgan fingerprint density at radius 2 is 1.73 bits per heavy atom. The van der Waals surface area contributed by atoms with Gasteiger partial charge in [0.05, 0.1) is 23.9 Å². The fourth-order valence-electron chi connectivity index (χ4n) is 4.40. The van der Waals surface area contributed by atoms with Crippen LogP contribution in [0.15, 0.2) is 82.8 Å². The summed E-state index contributed by atoms with van der Waals surface area (Å²) < 4.78 is 35.7. The summed E-state index contributed by atoms with van der Waals surface area (Å²) in [7, 11) is -2.73. The van der Waals surface area contributed by atoms with Crippen LogP contribution in [0, 0.1) is 27.7 Å². The first-order chi connectivity index (χ1) is 19.0. The summed E-state index contributed by atoms with van der Waals surface area (Å²) in [6, 6.07) is 20.7. The van der Waals surface area contributed by atoms with Crippen LogP contribution in [-0.2, 0) is 14.8 Å². The molecule has 0 radical (unpaired) electrons. The molecule has 0 atom stereocenters. The van der Waals surface area contributed by atoms with Crippen LogP contribution in [0.2, 0.25) is 5.02 Å². The Labute approximate surface area is 239 Å². The number of anilines is 1. The van der Waals surface area contributed by atoms with Crippen LogP contribution in [0.4, 0.5) is 5.69 Å². The van der Waals surface area contributed by atoms with Crippen molar-refractivity contribution in [2.75, 3.05) is 18.0 Å². The zero-order valence-corrected chi connectivity index (χ0v) is 24.5. The monoisotopic (exact) mass is 578 g/mol. The number of aryl methyl sites for hydroxylation is 3. The maximum atomic E-state index is 13.6. The Morgan fingerprint density at radius 1 is 1.00 bits per heavy atom. The number of rotatable bonds is 9. The van der Waals surface area contributed by atoms with E-state index >= 15 is 0 Å². The molecule has 1 amide bonds. The third-order valence-electron chi connectivity index (χ3n) is 6.64. The van der Waals surface area contributed by atoms with Crippen molar-refractivity contribution in [1.29, 1.82) is 0 Å². The first-order valence-corrected chi connectivity index (χ1v) is 14.3. The van der Waals surface area contributed by atoms with Crippen molar-refractivity contribution < 1.29 is 17.9 Å². The summed E-state index contributed by atoms with van der Waals surface area (Å²) in [6.45, 7) is 7.58. The normalized spacial score (nSPS) is 11.6. The molecule has 0 bridgehead atoms. The first-order valence-electron chi connectivity index (χ1n) is 12.5. The number of benzene rings is 3. The molecule has 0 fully saturated rings. The van der Waals surface area contributed by atoms with Crippen LogP contribution in [-0.4, -0.2) is 38.8 Å². The molecule has 40 heavy (non-hydrogen) atoms. The highest BCUT2D eigenvalue weighted by atomic mass is 35.5. The maximum Gasteiger partial charge on any atom is 0.264 e. The quantitative estimate of drug-likeness (QED) is 0.203. The minimum atomic E-state index is -4.14. The average molecular weight is 579 g/mol. The number of nitrogens with zero attached hydrogens (tertiary/aromatic N) is 3. The predicted octanol–water partition coefficient (Wildman–Crippen LogP) is 5.72. The molecule has 4 aromatic rings. The number of hydrazone groups is 1. The topological polar surface area (TPSA) is 93.0 Å². The average Bonchev–Trinajstić information content (AvgIpc) is 3.21. The number of hydrogen-bond acceptors (Lipinski definition) is 5. The van der Waals surface area contributed by atoms with Crippen LogP contribution in [0.3, 0.4) is 0 Å². The lowest BCUT2D eigenvalue weighted by Crippen LogP contribution is -2.39. The van der Waals surface area contributed by atoms with Gasteiger partial charge in [-0.1, -0.05) is 35.9 Å². The van der Waals surface area contributed by atoms with Crippen molar-refractivity contribution in [1.82, 2.24) is 9.99 Å². The van der Waals surface area contributed by atoms with Gasteiger partial charge < -0.3 is 9.30 Å². The molecule has 10 heteroatoms. The zero-order chi connectivity index (χ0) is 29.0. The lowest BCUT2D eigenvalue weighted by Gasteiger charge is -2.25. The van der Waals surface area contributed by atoms with Gasteiger partial charge in [0.15, 0.2) is 0 Å². The van der Waals surface area contributed by atoms with Crippen LogP contribution in [0.1, 0.15) is 28.1 Å². The third kappa shape index (κ3) is 6.05. The molecule has 208 valence electrons.